The van der Waals surface area contributed by atoms with Crippen molar-refractivity contribution in [3.8, 4) is 17.6 Å². The number of methoxy groups -OCH3 is 1. The number of nitrogens with one attached hydrogen (secondary N) is 2. The van der Waals surface area contributed by atoms with Crippen LogP contribution in [0.3, 0.4) is 0 Å². The van der Waals surface area contributed by atoms with Gasteiger partial charge in [-0.05, 0) is 43.3 Å². The zero-order valence-electron chi connectivity index (χ0n) is 17.0. The summed E-state index contributed by atoms with van der Waals surface area (Å²) >= 11 is 0. The van der Waals surface area contributed by atoms with Gasteiger partial charge in [-0.3, -0.25) is 0 Å². The van der Waals surface area contributed by atoms with Gasteiger partial charge in [-0.15, -0.1) is 0 Å². The average Bonchev–Trinajstić information content (AvgIpc) is 2.76. The summed E-state index contributed by atoms with van der Waals surface area (Å²) in [4.78, 5) is 7.82. The maximum absolute atomic E-state index is 14.2. The number of hydrogen-bond acceptors (Lipinski definition) is 9. The molecule has 0 bridgehead atoms. The Morgan fingerprint density at radius 1 is 1.16 bits per heavy atom. The maximum Gasteiger partial charge on any atom is 0.241 e. The van der Waals surface area contributed by atoms with E-state index in [-0.39, 0.29) is 22.4 Å². The lowest BCUT2D eigenvalue weighted by atomic mass is 10.3. The van der Waals surface area contributed by atoms with Gasteiger partial charge in [0.2, 0.25) is 16.0 Å². The summed E-state index contributed by atoms with van der Waals surface area (Å²) in [5.74, 6) is -0.189. The molecule has 0 saturated heterocycles. The van der Waals surface area contributed by atoms with Gasteiger partial charge >= 0.3 is 0 Å². The molecule has 1 unspecified atom stereocenters. The van der Waals surface area contributed by atoms with Crippen molar-refractivity contribution in [3.63, 3.8) is 0 Å². The molecule has 1 aromatic heterocycles. The van der Waals surface area contributed by atoms with E-state index in [4.69, 9.17) is 19.9 Å². The summed E-state index contributed by atoms with van der Waals surface area (Å²) in [7, 11) is -2.66. The normalized spacial score (nSPS) is 11.8. The second-order valence-electron chi connectivity index (χ2n) is 6.46. The van der Waals surface area contributed by atoms with Gasteiger partial charge in [-0.25, -0.2) is 22.9 Å². The van der Waals surface area contributed by atoms with Crippen molar-refractivity contribution in [2.24, 2.45) is 5.14 Å². The smallest absolute Gasteiger partial charge is 0.241 e. The van der Waals surface area contributed by atoms with Crippen LogP contribution in [0.5, 0.6) is 11.5 Å². The molecule has 0 fully saturated rings. The molecule has 12 heteroatoms. The number of nitrogens with zero attached hydrogens (tertiary/aromatic N) is 3. The number of ether oxygens (including phenoxy) is 2. The molecule has 0 radical (unpaired) electrons. The van der Waals surface area contributed by atoms with Gasteiger partial charge < -0.3 is 20.1 Å². The Morgan fingerprint density at radius 2 is 1.84 bits per heavy atom. The standard InChI is InChI=1S/C20H19FN6O4S/c1-12(10-22)31-15-6-3-13(4-7-15)25-19-16(21)11-24-20(27-19)26-14-5-8-18(32(23,28)29)17(9-14)30-2/h3-9,11-12H,1-2H3,(H2,23,28,29)(H2,24,25,26,27). The summed E-state index contributed by atoms with van der Waals surface area (Å²) in [5.41, 5.74) is 0.935. The van der Waals surface area contributed by atoms with Crippen LogP contribution in [0.4, 0.5) is 27.5 Å². The van der Waals surface area contributed by atoms with Gasteiger partial charge in [0.25, 0.3) is 0 Å². The number of primary sulfonamides is 1. The zero-order valence-corrected chi connectivity index (χ0v) is 17.9. The minimum absolute atomic E-state index is 0.0333. The molecule has 166 valence electrons. The van der Waals surface area contributed by atoms with E-state index in [1.54, 1.807) is 31.2 Å². The third-order valence-corrected chi connectivity index (χ3v) is 5.03. The molecule has 3 aromatic rings. The second kappa shape index (κ2) is 9.46. The van der Waals surface area contributed by atoms with Crippen molar-refractivity contribution in [2.75, 3.05) is 17.7 Å². The highest BCUT2D eigenvalue weighted by Crippen LogP contribution is 2.28. The highest BCUT2D eigenvalue weighted by atomic mass is 32.2. The summed E-state index contributed by atoms with van der Waals surface area (Å²) in [6.45, 7) is 1.62. The third kappa shape index (κ3) is 5.60. The van der Waals surface area contributed by atoms with E-state index >= 15 is 0 Å². The van der Waals surface area contributed by atoms with Crippen LogP contribution in [0, 0.1) is 17.1 Å². The van der Waals surface area contributed by atoms with Crippen LogP contribution < -0.4 is 25.2 Å². The molecule has 2 aromatic carbocycles. The number of halogens is 1. The number of anilines is 4. The van der Waals surface area contributed by atoms with Crippen LogP contribution >= 0.6 is 0 Å². The molecule has 0 aliphatic heterocycles. The Labute approximate surface area is 183 Å². The third-order valence-electron chi connectivity index (χ3n) is 4.08. The van der Waals surface area contributed by atoms with E-state index in [9.17, 15) is 12.8 Å². The molecule has 0 amide bonds. The molecule has 4 N–H and O–H groups in total. The van der Waals surface area contributed by atoms with Crippen molar-refractivity contribution < 1.29 is 22.3 Å². The lowest BCUT2D eigenvalue weighted by molar-refractivity contribution is 0.276. The average molecular weight is 458 g/mol. The molecule has 1 heterocycles. The molecule has 0 aliphatic carbocycles. The van der Waals surface area contributed by atoms with Gasteiger partial charge in [-0.2, -0.15) is 10.2 Å². The fourth-order valence-electron chi connectivity index (χ4n) is 2.61. The van der Waals surface area contributed by atoms with Crippen molar-refractivity contribution in [3.05, 3.63) is 54.5 Å². The Balaban J connectivity index is 1.78. The predicted octanol–water partition coefficient (Wildman–Crippen LogP) is 3.05. The molecule has 32 heavy (non-hydrogen) atoms. The van der Waals surface area contributed by atoms with Crippen molar-refractivity contribution >= 4 is 33.2 Å². The van der Waals surface area contributed by atoms with Crippen LogP contribution in [-0.4, -0.2) is 31.6 Å². The summed E-state index contributed by atoms with van der Waals surface area (Å²) in [5, 5.41) is 19.6. The lowest BCUT2D eigenvalue weighted by Crippen LogP contribution is -2.13. The van der Waals surface area contributed by atoms with Gasteiger partial charge in [0.15, 0.2) is 17.7 Å². The monoisotopic (exact) mass is 458 g/mol. The van der Waals surface area contributed by atoms with Gasteiger partial charge in [0.05, 0.1) is 13.3 Å². The highest BCUT2D eigenvalue weighted by molar-refractivity contribution is 7.89. The van der Waals surface area contributed by atoms with Crippen LogP contribution in [-0.2, 0) is 10.0 Å². The van der Waals surface area contributed by atoms with E-state index in [0.717, 1.165) is 6.20 Å². The molecule has 1 atom stereocenters. The fraction of sp³-hybridized carbons (Fsp3) is 0.150. The van der Waals surface area contributed by atoms with E-state index < -0.39 is 21.9 Å². The van der Waals surface area contributed by atoms with Crippen molar-refractivity contribution in [1.82, 2.24) is 9.97 Å². The van der Waals surface area contributed by atoms with Gasteiger partial charge in [0.1, 0.15) is 22.5 Å². The Morgan fingerprint density at radius 3 is 2.47 bits per heavy atom. The van der Waals surface area contributed by atoms with Gasteiger partial charge in [0, 0.05) is 17.4 Å². The Hall–Kier alpha value is -3.95. The fourth-order valence-corrected chi connectivity index (χ4v) is 3.29. The van der Waals surface area contributed by atoms with Crippen molar-refractivity contribution in [2.45, 2.75) is 17.9 Å². The first-order valence-electron chi connectivity index (χ1n) is 9.13. The van der Waals surface area contributed by atoms with Crippen LogP contribution in [0.2, 0.25) is 0 Å². The molecule has 0 aliphatic rings. The minimum Gasteiger partial charge on any atom is -0.495 e. The van der Waals surface area contributed by atoms with Crippen LogP contribution in [0.15, 0.2) is 53.6 Å². The molecule has 3 rings (SSSR count). The number of aromatic nitrogens is 2. The molecule has 0 spiro atoms. The number of nitriles is 1. The van der Waals surface area contributed by atoms with Crippen LogP contribution in [0.25, 0.3) is 0 Å². The second-order valence-corrected chi connectivity index (χ2v) is 7.99. The molecular weight excluding hydrogens is 439 g/mol. The number of nitrogens with two attached hydrogens (primary N) is 1. The first-order valence-corrected chi connectivity index (χ1v) is 10.7. The molecule has 10 nitrogen and oxygen atoms in total. The van der Waals surface area contributed by atoms with Crippen molar-refractivity contribution in [1.29, 1.82) is 5.26 Å². The SMILES string of the molecule is COc1cc(Nc2ncc(F)c(Nc3ccc(OC(C)C#N)cc3)n2)ccc1S(N)(=O)=O. The predicted molar refractivity (Wildman–Crippen MR) is 115 cm³/mol. The first kappa shape index (κ1) is 22.7. The number of hydrogen-bond donors (Lipinski definition) is 3. The number of sulfonamides is 1. The summed E-state index contributed by atoms with van der Waals surface area (Å²) in [6, 6.07) is 12.6. The van der Waals surface area contributed by atoms with Gasteiger partial charge in [-0.1, -0.05) is 0 Å². The Kier molecular flexibility index (Phi) is 6.72. The highest BCUT2D eigenvalue weighted by Gasteiger charge is 2.16. The minimum atomic E-state index is -3.96. The van der Waals surface area contributed by atoms with E-state index in [2.05, 4.69) is 20.6 Å². The quantitative estimate of drug-likeness (QED) is 0.462. The van der Waals surface area contributed by atoms with E-state index in [0.29, 0.717) is 17.1 Å². The molecule has 0 saturated carbocycles. The van der Waals surface area contributed by atoms with E-state index in [1.165, 1.54) is 25.3 Å². The lowest BCUT2D eigenvalue weighted by Gasteiger charge is -2.12. The number of rotatable bonds is 8. The Bertz CT molecular complexity index is 1260. The molecular formula is C20H19FN6O4S. The zero-order chi connectivity index (χ0) is 23.3. The van der Waals surface area contributed by atoms with E-state index in [1.807, 2.05) is 6.07 Å². The van der Waals surface area contributed by atoms with Crippen LogP contribution in [0.1, 0.15) is 6.92 Å². The maximum atomic E-state index is 14.2. The summed E-state index contributed by atoms with van der Waals surface area (Å²) in [6.07, 6.45) is 0.388. The largest absolute Gasteiger partial charge is 0.495 e. The topological polar surface area (TPSA) is 152 Å². The number of benzene rings is 2. The first-order chi connectivity index (χ1) is 15.2. The summed E-state index contributed by atoms with van der Waals surface area (Å²) < 4.78 is 47.9.